The summed E-state index contributed by atoms with van der Waals surface area (Å²) < 4.78 is 37.4. The molecular formula is C15H20F3N2O+. The van der Waals surface area contributed by atoms with Gasteiger partial charge in [-0.1, -0.05) is 0 Å². The first-order chi connectivity index (χ1) is 9.88. The second-order valence-electron chi connectivity index (χ2n) is 5.50. The Balaban J connectivity index is 1.95. The summed E-state index contributed by atoms with van der Waals surface area (Å²) in [5.41, 5.74) is -0.313. The van der Waals surface area contributed by atoms with Gasteiger partial charge in [-0.25, -0.2) is 0 Å². The topological polar surface area (TPSA) is 33.5 Å². The van der Waals surface area contributed by atoms with Crippen LogP contribution in [0.2, 0.25) is 0 Å². The van der Waals surface area contributed by atoms with Gasteiger partial charge in [-0.2, -0.15) is 13.2 Å². The van der Waals surface area contributed by atoms with Gasteiger partial charge in [-0.15, -0.1) is 0 Å². The molecule has 6 heteroatoms. The largest absolute Gasteiger partial charge is 0.416 e. The number of benzene rings is 1. The zero-order valence-corrected chi connectivity index (χ0v) is 12.0. The number of hydrogen-bond acceptors (Lipinski definition) is 1. The molecule has 1 atom stereocenters. The number of amides is 1. The Morgan fingerprint density at radius 3 is 2.24 bits per heavy atom. The van der Waals surface area contributed by atoms with E-state index in [1.165, 1.54) is 23.5 Å². The van der Waals surface area contributed by atoms with Crippen LogP contribution >= 0.6 is 0 Å². The summed E-state index contributed by atoms with van der Waals surface area (Å²) in [7, 11) is 0. The highest BCUT2D eigenvalue weighted by atomic mass is 19.4. The number of rotatable bonds is 3. The molecule has 0 radical (unpaired) electrons. The molecule has 0 aliphatic carbocycles. The fourth-order valence-electron chi connectivity index (χ4n) is 2.62. The van der Waals surface area contributed by atoms with E-state index in [2.05, 4.69) is 5.32 Å². The highest BCUT2D eigenvalue weighted by Gasteiger charge is 2.30. The maximum atomic E-state index is 12.5. The minimum Gasteiger partial charge on any atom is -0.325 e. The number of anilines is 1. The molecule has 1 amide bonds. The first-order valence-corrected chi connectivity index (χ1v) is 7.20. The molecule has 1 heterocycles. The summed E-state index contributed by atoms with van der Waals surface area (Å²) >= 11 is 0. The van der Waals surface area contributed by atoms with Crippen molar-refractivity contribution in [1.29, 1.82) is 0 Å². The Morgan fingerprint density at radius 1 is 1.14 bits per heavy atom. The highest BCUT2D eigenvalue weighted by Crippen LogP contribution is 2.29. The molecular weight excluding hydrogens is 281 g/mol. The molecule has 2 rings (SSSR count). The van der Waals surface area contributed by atoms with Gasteiger partial charge in [0.05, 0.1) is 18.7 Å². The molecule has 1 aliphatic rings. The lowest BCUT2D eigenvalue weighted by molar-refractivity contribution is -0.918. The summed E-state index contributed by atoms with van der Waals surface area (Å²) in [6.07, 6.45) is -0.912. The van der Waals surface area contributed by atoms with Crippen LogP contribution < -0.4 is 10.2 Å². The van der Waals surface area contributed by atoms with Crippen LogP contribution in [-0.2, 0) is 11.0 Å². The molecule has 1 fully saturated rings. The highest BCUT2D eigenvalue weighted by molar-refractivity contribution is 5.93. The number of piperidine rings is 1. The minimum absolute atomic E-state index is 0.147. The molecule has 1 aromatic rings. The van der Waals surface area contributed by atoms with Crippen molar-refractivity contribution in [2.45, 2.75) is 38.4 Å². The van der Waals surface area contributed by atoms with Crippen molar-refractivity contribution in [2.75, 3.05) is 18.4 Å². The van der Waals surface area contributed by atoms with Gasteiger partial charge in [0.1, 0.15) is 0 Å². The number of nitrogens with one attached hydrogen (secondary N) is 2. The predicted octanol–water partition coefficient (Wildman–Crippen LogP) is 2.10. The maximum Gasteiger partial charge on any atom is 0.416 e. The standard InChI is InChI=1S/C15H19F3N2O/c1-11(20-9-3-2-4-10-20)14(21)19-13-7-5-12(6-8-13)15(16,17)18/h5-8,11H,2-4,9-10H2,1H3,(H,19,21)/p+1/t11-/m0/s1. The van der Waals surface area contributed by atoms with Gasteiger partial charge in [-0.05, 0) is 50.5 Å². The number of halogens is 3. The van der Waals surface area contributed by atoms with E-state index in [0.717, 1.165) is 38.1 Å². The summed E-state index contributed by atoms with van der Waals surface area (Å²) in [5.74, 6) is -0.147. The van der Waals surface area contributed by atoms with E-state index in [1.54, 1.807) is 0 Å². The summed E-state index contributed by atoms with van der Waals surface area (Å²) in [6, 6.07) is 4.35. The van der Waals surface area contributed by atoms with E-state index in [-0.39, 0.29) is 11.9 Å². The van der Waals surface area contributed by atoms with Gasteiger partial charge in [0.2, 0.25) is 0 Å². The van der Waals surface area contributed by atoms with Gasteiger partial charge < -0.3 is 10.2 Å². The first kappa shape index (κ1) is 15.8. The van der Waals surface area contributed by atoms with Crippen molar-refractivity contribution in [3.63, 3.8) is 0 Å². The zero-order valence-electron chi connectivity index (χ0n) is 12.0. The Labute approximate surface area is 122 Å². The lowest BCUT2D eigenvalue weighted by atomic mass is 10.1. The lowest BCUT2D eigenvalue weighted by Crippen LogP contribution is -3.17. The maximum absolute atomic E-state index is 12.5. The Morgan fingerprint density at radius 2 is 1.71 bits per heavy atom. The number of hydrogen-bond donors (Lipinski definition) is 2. The SMILES string of the molecule is C[C@@H](C(=O)Nc1ccc(C(F)(F)F)cc1)[NH+]1CCCCC1. The molecule has 0 spiro atoms. The molecule has 1 aromatic carbocycles. The van der Waals surface area contributed by atoms with E-state index in [1.807, 2.05) is 6.92 Å². The molecule has 1 aliphatic heterocycles. The molecule has 21 heavy (non-hydrogen) atoms. The van der Waals surface area contributed by atoms with Crippen molar-refractivity contribution in [1.82, 2.24) is 0 Å². The van der Waals surface area contributed by atoms with Crippen molar-refractivity contribution in [3.05, 3.63) is 29.8 Å². The average Bonchev–Trinajstić information content (AvgIpc) is 2.47. The number of carbonyl (C=O) groups excluding carboxylic acids is 1. The van der Waals surface area contributed by atoms with Crippen LogP contribution in [0.4, 0.5) is 18.9 Å². The third-order valence-electron chi connectivity index (χ3n) is 3.98. The van der Waals surface area contributed by atoms with Crippen LogP contribution in [0.25, 0.3) is 0 Å². The van der Waals surface area contributed by atoms with E-state index >= 15 is 0 Å². The molecule has 1 saturated heterocycles. The van der Waals surface area contributed by atoms with Crippen LogP contribution in [0.1, 0.15) is 31.7 Å². The van der Waals surface area contributed by atoms with Gasteiger partial charge >= 0.3 is 6.18 Å². The van der Waals surface area contributed by atoms with E-state index in [0.29, 0.717) is 5.69 Å². The fraction of sp³-hybridized carbons (Fsp3) is 0.533. The van der Waals surface area contributed by atoms with Crippen LogP contribution in [0.3, 0.4) is 0 Å². The minimum atomic E-state index is -4.35. The van der Waals surface area contributed by atoms with Crippen molar-refractivity contribution < 1.29 is 22.9 Å². The van der Waals surface area contributed by atoms with Gasteiger partial charge in [0.25, 0.3) is 5.91 Å². The fourth-order valence-corrected chi connectivity index (χ4v) is 2.62. The molecule has 0 unspecified atom stereocenters. The molecule has 3 nitrogen and oxygen atoms in total. The smallest absolute Gasteiger partial charge is 0.325 e. The number of carbonyl (C=O) groups is 1. The third-order valence-corrected chi connectivity index (χ3v) is 3.98. The summed E-state index contributed by atoms with van der Waals surface area (Å²) in [4.78, 5) is 13.4. The Kier molecular flexibility index (Phi) is 4.88. The van der Waals surface area contributed by atoms with Crippen LogP contribution in [0.5, 0.6) is 0 Å². The third kappa shape index (κ3) is 4.20. The van der Waals surface area contributed by atoms with Gasteiger partial charge in [-0.3, -0.25) is 4.79 Å². The zero-order chi connectivity index (χ0) is 15.5. The molecule has 0 aromatic heterocycles. The van der Waals surface area contributed by atoms with Crippen molar-refractivity contribution >= 4 is 11.6 Å². The molecule has 0 bridgehead atoms. The normalized spacial score (nSPS) is 18.3. The number of quaternary nitrogens is 1. The van der Waals surface area contributed by atoms with Gasteiger partial charge in [0.15, 0.2) is 6.04 Å². The van der Waals surface area contributed by atoms with E-state index < -0.39 is 11.7 Å². The summed E-state index contributed by atoms with van der Waals surface area (Å²) in [6.45, 7) is 3.81. The number of alkyl halides is 3. The average molecular weight is 301 g/mol. The van der Waals surface area contributed by atoms with Crippen LogP contribution in [-0.4, -0.2) is 25.0 Å². The summed E-state index contributed by atoms with van der Waals surface area (Å²) in [5, 5.41) is 2.69. The number of likely N-dealkylation sites (tertiary alicyclic amines) is 1. The van der Waals surface area contributed by atoms with Crippen LogP contribution in [0.15, 0.2) is 24.3 Å². The Bertz CT molecular complexity index is 479. The Hall–Kier alpha value is -1.56. The molecule has 0 saturated carbocycles. The monoisotopic (exact) mass is 301 g/mol. The van der Waals surface area contributed by atoms with Crippen molar-refractivity contribution in [2.24, 2.45) is 0 Å². The van der Waals surface area contributed by atoms with Crippen molar-refractivity contribution in [3.8, 4) is 0 Å². The second-order valence-corrected chi connectivity index (χ2v) is 5.50. The van der Waals surface area contributed by atoms with E-state index in [9.17, 15) is 18.0 Å². The quantitative estimate of drug-likeness (QED) is 0.881. The predicted molar refractivity (Wildman–Crippen MR) is 74.1 cm³/mol. The molecule has 116 valence electrons. The van der Waals surface area contributed by atoms with Crippen LogP contribution in [0, 0.1) is 0 Å². The molecule has 2 N–H and O–H groups in total. The van der Waals surface area contributed by atoms with E-state index in [4.69, 9.17) is 0 Å². The lowest BCUT2D eigenvalue weighted by Gasteiger charge is -2.28. The second kappa shape index (κ2) is 6.47. The first-order valence-electron chi connectivity index (χ1n) is 7.20. The van der Waals surface area contributed by atoms with Gasteiger partial charge in [0, 0.05) is 5.69 Å².